The van der Waals surface area contributed by atoms with Gasteiger partial charge in [0.15, 0.2) is 0 Å². The summed E-state index contributed by atoms with van der Waals surface area (Å²) in [6, 6.07) is 3.80. The molecule has 1 N–H and O–H groups in total. The molecule has 0 radical (unpaired) electrons. The van der Waals surface area contributed by atoms with Gasteiger partial charge in [0.2, 0.25) is 0 Å². The van der Waals surface area contributed by atoms with E-state index in [-0.39, 0.29) is 12.5 Å². The van der Waals surface area contributed by atoms with Crippen molar-refractivity contribution in [2.75, 3.05) is 13.7 Å². The van der Waals surface area contributed by atoms with Crippen LogP contribution in [-0.4, -0.2) is 30.9 Å². The topological polar surface area (TPSA) is 55.8 Å². The van der Waals surface area contributed by atoms with Crippen LogP contribution in [0.1, 0.15) is 30.0 Å². The lowest BCUT2D eigenvalue weighted by Gasteiger charge is -2.14. The van der Waals surface area contributed by atoms with Gasteiger partial charge in [-0.3, -0.25) is 4.79 Å². The molecule has 0 spiro atoms. The van der Waals surface area contributed by atoms with Crippen molar-refractivity contribution in [2.45, 2.75) is 39.7 Å². The minimum Gasteiger partial charge on any atom is -0.493 e. The quantitative estimate of drug-likeness (QED) is 0.824. The van der Waals surface area contributed by atoms with Crippen LogP contribution in [-0.2, 0) is 16.0 Å². The molecule has 4 heteroatoms. The van der Waals surface area contributed by atoms with Gasteiger partial charge < -0.3 is 14.6 Å². The number of rotatable bonds is 7. The molecule has 106 valence electrons. The SMILES string of the molecule is COC(C)CCOc1cc(C)c(CC(=O)O)cc1C. The molecule has 0 aliphatic rings. The van der Waals surface area contributed by atoms with Gasteiger partial charge in [0.1, 0.15) is 5.75 Å². The van der Waals surface area contributed by atoms with Crippen molar-refractivity contribution >= 4 is 5.97 Å². The Balaban J connectivity index is 2.70. The Hall–Kier alpha value is -1.55. The van der Waals surface area contributed by atoms with Gasteiger partial charge >= 0.3 is 5.97 Å². The summed E-state index contributed by atoms with van der Waals surface area (Å²) in [6.07, 6.45) is 1.05. The van der Waals surface area contributed by atoms with Crippen LogP contribution in [0.5, 0.6) is 5.75 Å². The molecule has 1 aromatic rings. The van der Waals surface area contributed by atoms with E-state index in [1.54, 1.807) is 7.11 Å². The number of benzene rings is 1. The van der Waals surface area contributed by atoms with Gasteiger partial charge in [-0.15, -0.1) is 0 Å². The van der Waals surface area contributed by atoms with Crippen molar-refractivity contribution in [3.63, 3.8) is 0 Å². The summed E-state index contributed by atoms with van der Waals surface area (Å²) < 4.78 is 10.9. The van der Waals surface area contributed by atoms with Crippen LogP contribution in [0.4, 0.5) is 0 Å². The lowest BCUT2D eigenvalue weighted by atomic mass is 10.0. The van der Waals surface area contributed by atoms with E-state index in [0.29, 0.717) is 6.61 Å². The lowest BCUT2D eigenvalue weighted by molar-refractivity contribution is -0.136. The number of carboxylic acid groups (broad SMARTS) is 1. The first-order chi connectivity index (χ1) is 8.93. The maximum absolute atomic E-state index is 10.8. The monoisotopic (exact) mass is 266 g/mol. The molecule has 0 saturated carbocycles. The zero-order chi connectivity index (χ0) is 14.4. The number of methoxy groups -OCH3 is 1. The number of carbonyl (C=O) groups is 1. The normalized spacial score (nSPS) is 12.2. The summed E-state index contributed by atoms with van der Waals surface area (Å²) in [5.74, 6) is 0.0000274. The van der Waals surface area contributed by atoms with Crippen LogP contribution in [0.3, 0.4) is 0 Å². The number of ether oxygens (including phenoxy) is 2. The minimum atomic E-state index is -0.815. The molecule has 0 amide bonds. The summed E-state index contributed by atoms with van der Waals surface area (Å²) in [5.41, 5.74) is 2.75. The molecule has 0 heterocycles. The molecule has 0 saturated heterocycles. The van der Waals surface area contributed by atoms with Crippen LogP contribution in [0, 0.1) is 13.8 Å². The van der Waals surface area contributed by atoms with Gasteiger partial charge in [-0.1, -0.05) is 6.07 Å². The highest BCUT2D eigenvalue weighted by Gasteiger charge is 2.09. The molecule has 4 nitrogen and oxygen atoms in total. The second kappa shape index (κ2) is 7.14. The van der Waals surface area contributed by atoms with E-state index in [9.17, 15) is 4.79 Å². The largest absolute Gasteiger partial charge is 0.493 e. The Kier molecular flexibility index (Phi) is 5.83. The van der Waals surface area contributed by atoms with Crippen molar-refractivity contribution in [2.24, 2.45) is 0 Å². The highest BCUT2D eigenvalue weighted by Crippen LogP contribution is 2.23. The third-order valence-corrected chi connectivity index (χ3v) is 3.16. The van der Waals surface area contributed by atoms with E-state index >= 15 is 0 Å². The number of hydrogen-bond donors (Lipinski definition) is 1. The Morgan fingerprint density at radius 3 is 2.58 bits per heavy atom. The number of hydrogen-bond acceptors (Lipinski definition) is 3. The second-order valence-electron chi connectivity index (χ2n) is 4.80. The maximum atomic E-state index is 10.8. The predicted octanol–water partition coefficient (Wildman–Crippen LogP) is 2.73. The highest BCUT2D eigenvalue weighted by molar-refractivity contribution is 5.71. The molecule has 0 aliphatic carbocycles. The molecule has 0 fully saturated rings. The fourth-order valence-corrected chi connectivity index (χ4v) is 1.81. The van der Waals surface area contributed by atoms with Gasteiger partial charge in [-0.05, 0) is 43.5 Å². The van der Waals surface area contributed by atoms with E-state index in [1.807, 2.05) is 32.9 Å². The number of aryl methyl sites for hydroxylation is 2. The van der Waals surface area contributed by atoms with E-state index in [1.165, 1.54) is 0 Å². The first-order valence-electron chi connectivity index (χ1n) is 6.41. The fourth-order valence-electron chi connectivity index (χ4n) is 1.81. The standard InChI is InChI=1S/C15H22O4/c1-10-8-14(19-6-5-12(3)18-4)11(2)7-13(10)9-15(16)17/h7-8,12H,5-6,9H2,1-4H3,(H,16,17). The molecular formula is C15H22O4. The van der Waals surface area contributed by atoms with E-state index in [4.69, 9.17) is 14.6 Å². The number of aliphatic carboxylic acids is 1. The lowest BCUT2D eigenvalue weighted by Crippen LogP contribution is -2.11. The van der Waals surface area contributed by atoms with Crippen molar-refractivity contribution in [3.05, 3.63) is 28.8 Å². The van der Waals surface area contributed by atoms with Crippen molar-refractivity contribution in [3.8, 4) is 5.75 Å². The Bertz CT molecular complexity index is 440. The summed E-state index contributed by atoms with van der Waals surface area (Å²) in [7, 11) is 1.68. The van der Waals surface area contributed by atoms with E-state index in [0.717, 1.165) is 28.9 Å². The first kappa shape index (κ1) is 15.5. The van der Waals surface area contributed by atoms with Gasteiger partial charge in [0.05, 0.1) is 19.1 Å². The van der Waals surface area contributed by atoms with Gasteiger partial charge in [0, 0.05) is 13.5 Å². The van der Waals surface area contributed by atoms with Crippen LogP contribution < -0.4 is 4.74 Å². The molecule has 1 unspecified atom stereocenters. The van der Waals surface area contributed by atoms with Gasteiger partial charge in [-0.25, -0.2) is 0 Å². The number of carboxylic acids is 1. The molecule has 0 aliphatic heterocycles. The molecule has 19 heavy (non-hydrogen) atoms. The second-order valence-corrected chi connectivity index (χ2v) is 4.80. The maximum Gasteiger partial charge on any atom is 0.307 e. The summed E-state index contributed by atoms with van der Waals surface area (Å²) in [5, 5.41) is 8.84. The minimum absolute atomic E-state index is 0.0493. The molecular weight excluding hydrogens is 244 g/mol. The third kappa shape index (κ3) is 4.91. The van der Waals surface area contributed by atoms with Crippen molar-refractivity contribution < 1.29 is 19.4 Å². The van der Waals surface area contributed by atoms with Gasteiger partial charge in [-0.2, -0.15) is 0 Å². The Labute approximate surface area is 114 Å². The zero-order valence-electron chi connectivity index (χ0n) is 12.0. The summed E-state index contributed by atoms with van der Waals surface area (Å²) in [6.45, 7) is 6.42. The first-order valence-corrected chi connectivity index (χ1v) is 6.41. The van der Waals surface area contributed by atoms with Crippen LogP contribution in [0.2, 0.25) is 0 Å². The van der Waals surface area contributed by atoms with Gasteiger partial charge in [0.25, 0.3) is 0 Å². The Morgan fingerprint density at radius 1 is 1.32 bits per heavy atom. The average molecular weight is 266 g/mol. The molecule has 1 atom stereocenters. The molecule has 0 bridgehead atoms. The summed E-state index contributed by atoms with van der Waals surface area (Å²) >= 11 is 0. The Morgan fingerprint density at radius 2 is 2.00 bits per heavy atom. The average Bonchev–Trinajstić information content (AvgIpc) is 2.34. The van der Waals surface area contributed by atoms with Crippen LogP contribution >= 0.6 is 0 Å². The smallest absolute Gasteiger partial charge is 0.307 e. The third-order valence-electron chi connectivity index (χ3n) is 3.16. The molecule has 1 aromatic carbocycles. The van der Waals surface area contributed by atoms with Crippen LogP contribution in [0.15, 0.2) is 12.1 Å². The summed E-state index contributed by atoms with van der Waals surface area (Å²) in [4.78, 5) is 10.8. The fraction of sp³-hybridized carbons (Fsp3) is 0.533. The molecule has 0 aromatic heterocycles. The molecule has 1 rings (SSSR count). The highest BCUT2D eigenvalue weighted by atomic mass is 16.5. The van der Waals surface area contributed by atoms with E-state index in [2.05, 4.69) is 0 Å². The van der Waals surface area contributed by atoms with E-state index < -0.39 is 5.97 Å². The predicted molar refractivity (Wildman–Crippen MR) is 73.8 cm³/mol. The van der Waals surface area contributed by atoms with Crippen molar-refractivity contribution in [1.82, 2.24) is 0 Å². The van der Waals surface area contributed by atoms with Crippen molar-refractivity contribution in [1.29, 1.82) is 0 Å². The van der Waals surface area contributed by atoms with Crippen LogP contribution in [0.25, 0.3) is 0 Å². The zero-order valence-corrected chi connectivity index (χ0v) is 12.0.